The van der Waals surface area contributed by atoms with Crippen LogP contribution in [0.2, 0.25) is 0 Å². The van der Waals surface area contributed by atoms with Crippen LogP contribution >= 0.6 is 11.8 Å². The van der Waals surface area contributed by atoms with Gasteiger partial charge in [0.1, 0.15) is 0 Å². The Kier molecular flexibility index (Phi) is 5.66. The monoisotopic (exact) mass is 282 g/mol. The van der Waals surface area contributed by atoms with Crippen molar-refractivity contribution in [2.45, 2.75) is 44.6 Å². The number of nitro groups is 1. The third-order valence-corrected chi connectivity index (χ3v) is 3.85. The second-order valence-corrected chi connectivity index (χ2v) is 7.23. The van der Waals surface area contributed by atoms with E-state index in [1.807, 2.05) is 6.07 Å². The summed E-state index contributed by atoms with van der Waals surface area (Å²) in [5, 5.41) is 14.2. The molecule has 0 spiro atoms. The first-order valence-electron chi connectivity index (χ1n) is 6.48. The van der Waals surface area contributed by atoms with Crippen molar-refractivity contribution in [1.29, 1.82) is 0 Å². The number of hydrogen-bond donors (Lipinski definition) is 1. The van der Waals surface area contributed by atoms with Gasteiger partial charge in [0.05, 0.1) is 4.92 Å². The molecule has 1 aromatic rings. The first kappa shape index (κ1) is 15.8. The smallest absolute Gasteiger partial charge is 0.269 e. The Bertz CT molecular complexity index is 442. The highest BCUT2D eigenvalue weighted by Crippen LogP contribution is 2.32. The average molecular weight is 282 g/mol. The first-order valence-corrected chi connectivity index (χ1v) is 7.47. The van der Waals surface area contributed by atoms with E-state index in [-0.39, 0.29) is 15.4 Å². The number of hydrogen-bond acceptors (Lipinski definition) is 4. The summed E-state index contributed by atoms with van der Waals surface area (Å²) in [6.07, 6.45) is 1.03. The van der Waals surface area contributed by atoms with Gasteiger partial charge in [-0.1, -0.05) is 27.7 Å². The highest BCUT2D eigenvalue weighted by molar-refractivity contribution is 7.99. The van der Waals surface area contributed by atoms with Gasteiger partial charge in [-0.3, -0.25) is 10.1 Å². The van der Waals surface area contributed by atoms with Gasteiger partial charge in [0.25, 0.3) is 5.69 Å². The fraction of sp³-hybridized carbons (Fsp3) is 0.571. The fourth-order valence-corrected chi connectivity index (χ4v) is 2.37. The van der Waals surface area contributed by atoms with Crippen LogP contribution in [0.1, 0.15) is 39.7 Å². The lowest BCUT2D eigenvalue weighted by Gasteiger charge is -2.19. The number of non-ortho nitro benzene ring substituents is 1. The van der Waals surface area contributed by atoms with Crippen LogP contribution in [0.5, 0.6) is 0 Å². The summed E-state index contributed by atoms with van der Waals surface area (Å²) in [5.41, 5.74) is 2.17. The number of nitrogens with zero attached hydrogens (tertiary/aromatic N) is 1. The number of rotatable bonds is 6. The van der Waals surface area contributed by atoms with Crippen molar-refractivity contribution in [3.8, 4) is 0 Å². The maximum atomic E-state index is 10.9. The van der Waals surface area contributed by atoms with Crippen molar-refractivity contribution in [1.82, 2.24) is 0 Å². The molecular formula is C14H22N2O2S. The molecule has 0 heterocycles. The second kappa shape index (κ2) is 6.80. The van der Waals surface area contributed by atoms with Crippen LogP contribution in [-0.4, -0.2) is 16.2 Å². The molecule has 0 atom stereocenters. The molecule has 0 aliphatic carbocycles. The van der Waals surface area contributed by atoms with Crippen LogP contribution < -0.4 is 5.32 Å². The molecule has 0 fully saturated rings. The highest BCUT2D eigenvalue weighted by atomic mass is 32.2. The molecule has 0 saturated carbocycles. The molecule has 106 valence electrons. The third kappa shape index (κ3) is 5.51. The molecular weight excluding hydrogens is 260 g/mol. The van der Waals surface area contributed by atoms with Crippen molar-refractivity contribution in [3.63, 3.8) is 0 Å². The lowest BCUT2D eigenvalue weighted by molar-refractivity contribution is -0.384. The van der Waals surface area contributed by atoms with Crippen LogP contribution in [0.15, 0.2) is 18.2 Å². The standard InChI is InChI=1S/C14H22N2O2S/c1-5-8-15-13-7-6-12(16(17)18)9-11(13)10-19-14(2,3)4/h6-7,9,15H,5,8,10H2,1-4H3. The summed E-state index contributed by atoms with van der Waals surface area (Å²) in [4.78, 5) is 10.5. The van der Waals surface area contributed by atoms with E-state index in [1.54, 1.807) is 23.9 Å². The van der Waals surface area contributed by atoms with Gasteiger partial charge in [-0.2, -0.15) is 11.8 Å². The predicted octanol–water partition coefficient (Wildman–Crippen LogP) is 4.45. The predicted molar refractivity (Wildman–Crippen MR) is 82.9 cm³/mol. The molecule has 1 aromatic carbocycles. The molecule has 0 aliphatic heterocycles. The Balaban J connectivity index is 2.93. The van der Waals surface area contributed by atoms with Crippen LogP contribution in [0, 0.1) is 10.1 Å². The van der Waals surface area contributed by atoms with Crippen molar-refractivity contribution >= 4 is 23.1 Å². The Morgan fingerprint density at radius 1 is 1.37 bits per heavy atom. The molecule has 0 aromatic heterocycles. The topological polar surface area (TPSA) is 55.2 Å². The minimum Gasteiger partial charge on any atom is -0.385 e. The normalized spacial score (nSPS) is 11.4. The Morgan fingerprint density at radius 3 is 2.58 bits per heavy atom. The molecule has 0 radical (unpaired) electrons. The van der Waals surface area contributed by atoms with E-state index in [4.69, 9.17) is 0 Å². The Hall–Kier alpha value is -1.23. The molecule has 0 bridgehead atoms. The molecule has 4 nitrogen and oxygen atoms in total. The molecule has 0 aliphatic rings. The van der Waals surface area contributed by atoms with E-state index in [0.717, 1.165) is 30.0 Å². The quantitative estimate of drug-likeness (QED) is 0.618. The minimum atomic E-state index is -0.338. The maximum Gasteiger partial charge on any atom is 0.269 e. The van der Waals surface area contributed by atoms with Crippen LogP contribution in [0.4, 0.5) is 11.4 Å². The van der Waals surface area contributed by atoms with E-state index < -0.39 is 0 Å². The van der Waals surface area contributed by atoms with Gasteiger partial charge in [0.2, 0.25) is 0 Å². The summed E-state index contributed by atoms with van der Waals surface area (Å²) in [5.74, 6) is 0.775. The van der Waals surface area contributed by atoms with Gasteiger partial charge in [-0.15, -0.1) is 0 Å². The summed E-state index contributed by atoms with van der Waals surface area (Å²) in [6, 6.07) is 5.05. The van der Waals surface area contributed by atoms with Crippen LogP contribution in [0.25, 0.3) is 0 Å². The van der Waals surface area contributed by atoms with Gasteiger partial charge in [-0.25, -0.2) is 0 Å². The molecule has 1 rings (SSSR count). The number of benzene rings is 1. The zero-order valence-electron chi connectivity index (χ0n) is 12.0. The molecule has 1 N–H and O–H groups in total. The zero-order valence-corrected chi connectivity index (χ0v) is 12.8. The molecule has 5 heteroatoms. The number of nitrogens with one attached hydrogen (secondary N) is 1. The fourth-order valence-electron chi connectivity index (χ4n) is 1.54. The Labute approximate surface area is 119 Å². The lowest BCUT2D eigenvalue weighted by atomic mass is 10.1. The summed E-state index contributed by atoms with van der Waals surface area (Å²) in [6.45, 7) is 9.42. The van der Waals surface area contributed by atoms with E-state index in [9.17, 15) is 10.1 Å². The lowest BCUT2D eigenvalue weighted by Crippen LogP contribution is -2.09. The van der Waals surface area contributed by atoms with E-state index in [2.05, 4.69) is 33.0 Å². The van der Waals surface area contributed by atoms with Crippen molar-refractivity contribution in [3.05, 3.63) is 33.9 Å². The van der Waals surface area contributed by atoms with Crippen LogP contribution in [-0.2, 0) is 5.75 Å². The van der Waals surface area contributed by atoms with E-state index in [1.165, 1.54) is 0 Å². The van der Waals surface area contributed by atoms with Crippen molar-refractivity contribution < 1.29 is 4.92 Å². The first-order chi connectivity index (χ1) is 8.83. The largest absolute Gasteiger partial charge is 0.385 e. The van der Waals surface area contributed by atoms with Gasteiger partial charge in [0.15, 0.2) is 0 Å². The number of thioether (sulfide) groups is 1. The van der Waals surface area contributed by atoms with Gasteiger partial charge < -0.3 is 5.32 Å². The average Bonchev–Trinajstić information content (AvgIpc) is 2.33. The number of nitro benzene ring substituents is 1. The van der Waals surface area contributed by atoms with Crippen molar-refractivity contribution in [2.75, 3.05) is 11.9 Å². The number of anilines is 1. The van der Waals surface area contributed by atoms with E-state index in [0.29, 0.717) is 0 Å². The van der Waals surface area contributed by atoms with Gasteiger partial charge in [-0.05, 0) is 18.1 Å². The van der Waals surface area contributed by atoms with Crippen molar-refractivity contribution in [2.24, 2.45) is 0 Å². The summed E-state index contributed by atoms with van der Waals surface area (Å²) < 4.78 is 0.145. The Morgan fingerprint density at radius 2 is 2.05 bits per heavy atom. The summed E-state index contributed by atoms with van der Waals surface area (Å²) >= 11 is 1.79. The SMILES string of the molecule is CCCNc1ccc([N+](=O)[O-])cc1CSC(C)(C)C. The zero-order chi connectivity index (χ0) is 14.5. The maximum absolute atomic E-state index is 10.9. The molecule has 19 heavy (non-hydrogen) atoms. The summed E-state index contributed by atoms with van der Waals surface area (Å²) in [7, 11) is 0. The second-order valence-electron chi connectivity index (χ2n) is 5.43. The highest BCUT2D eigenvalue weighted by Gasteiger charge is 2.15. The van der Waals surface area contributed by atoms with E-state index >= 15 is 0 Å². The van der Waals surface area contributed by atoms with Crippen LogP contribution in [0.3, 0.4) is 0 Å². The third-order valence-electron chi connectivity index (χ3n) is 2.53. The van der Waals surface area contributed by atoms with Gasteiger partial charge in [0, 0.05) is 34.9 Å². The minimum absolute atomic E-state index is 0.145. The molecule has 0 saturated heterocycles. The molecule has 0 amide bonds. The van der Waals surface area contributed by atoms with Gasteiger partial charge >= 0.3 is 0 Å². The molecule has 0 unspecified atom stereocenters.